The van der Waals surface area contributed by atoms with Gasteiger partial charge >= 0.3 is 0 Å². The molecule has 0 radical (unpaired) electrons. The average molecular weight is 199 g/mol. The van der Waals surface area contributed by atoms with Gasteiger partial charge in [0.15, 0.2) is 0 Å². The smallest absolute Gasteiger partial charge is 0.225 e. The van der Waals surface area contributed by atoms with Crippen LogP contribution in [-0.2, 0) is 10.0 Å². The van der Waals surface area contributed by atoms with E-state index in [4.69, 9.17) is 5.14 Å². The third-order valence-electron chi connectivity index (χ3n) is 1.88. The quantitative estimate of drug-likeness (QED) is 0.783. The molecule has 0 atom stereocenters. The van der Waals surface area contributed by atoms with Gasteiger partial charge in [0.25, 0.3) is 0 Å². The largest absolute Gasteiger partial charge is 0.238 e. The Morgan fingerprint density at radius 1 is 1.15 bits per heavy atom. The second-order valence-electron chi connectivity index (χ2n) is 3.27. The van der Waals surface area contributed by atoms with Gasteiger partial charge in [-0.1, -0.05) is 26.0 Å². The summed E-state index contributed by atoms with van der Waals surface area (Å²) in [6.07, 6.45) is 0. The maximum absolute atomic E-state index is 10.9. The predicted molar refractivity (Wildman–Crippen MR) is 51.9 cm³/mol. The summed E-state index contributed by atoms with van der Waals surface area (Å²) in [6.45, 7) is 4.10. The molecule has 4 heteroatoms. The van der Waals surface area contributed by atoms with E-state index >= 15 is 0 Å². The predicted octanol–water partition coefficient (Wildman–Crippen LogP) is 1.46. The van der Waals surface area contributed by atoms with Gasteiger partial charge in [0.2, 0.25) is 10.0 Å². The maximum atomic E-state index is 10.9. The van der Waals surface area contributed by atoms with E-state index in [2.05, 4.69) is 0 Å². The highest BCUT2D eigenvalue weighted by molar-refractivity contribution is 7.89. The van der Waals surface area contributed by atoms with Crippen molar-refractivity contribution in [2.24, 2.45) is 5.14 Å². The molecule has 3 nitrogen and oxygen atoms in total. The Morgan fingerprint density at radius 2 is 1.62 bits per heavy atom. The molecular weight excluding hydrogens is 186 g/mol. The zero-order valence-electron chi connectivity index (χ0n) is 7.69. The second-order valence-corrected chi connectivity index (χ2v) is 4.83. The summed E-state index contributed by atoms with van der Waals surface area (Å²) in [7, 11) is -3.55. The van der Waals surface area contributed by atoms with E-state index in [1.807, 2.05) is 13.8 Å². The second kappa shape index (κ2) is 3.47. The molecule has 2 N–H and O–H groups in total. The lowest BCUT2D eigenvalue weighted by Gasteiger charge is -2.05. The molecule has 0 bridgehead atoms. The molecule has 0 aromatic heterocycles. The fraction of sp³-hybridized carbons (Fsp3) is 0.333. The SMILES string of the molecule is CC(C)c1ccc(S(N)(=O)=O)cc1. The standard InChI is InChI=1S/C9H13NO2S/c1-7(2)8-3-5-9(6-4-8)13(10,11)12/h3-7H,1-2H3,(H2,10,11,12). The molecule has 1 aromatic rings. The van der Waals surface area contributed by atoms with E-state index in [0.717, 1.165) is 5.56 Å². The molecule has 72 valence electrons. The van der Waals surface area contributed by atoms with Gasteiger partial charge in [-0.05, 0) is 23.6 Å². The Hall–Kier alpha value is -0.870. The third kappa shape index (κ3) is 2.54. The van der Waals surface area contributed by atoms with Gasteiger partial charge in [0.05, 0.1) is 4.90 Å². The average Bonchev–Trinajstić information content (AvgIpc) is 2.03. The normalized spacial score (nSPS) is 12.0. The number of nitrogens with two attached hydrogens (primary N) is 1. The zero-order chi connectivity index (χ0) is 10.1. The Bertz CT molecular complexity index is 379. The third-order valence-corrected chi connectivity index (χ3v) is 2.80. The summed E-state index contributed by atoms with van der Waals surface area (Å²) >= 11 is 0. The fourth-order valence-corrected chi connectivity index (χ4v) is 1.56. The van der Waals surface area contributed by atoms with Crippen molar-refractivity contribution >= 4 is 10.0 Å². The fourth-order valence-electron chi connectivity index (χ4n) is 1.04. The lowest BCUT2D eigenvalue weighted by Crippen LogP contribution is -2.11. The number of primary sulfonamides is 1. The van der Waals surface area contributed by atoms with Crippen molar-refractivity contribution in [3.63, 3.8) is 0 Å². The van der Waals surface area contributed by atoms with Gasteiger partial charge in [-0.25, -0.2) is 13.6 Å². The minimum absolute atomic E-state index is 0.164. The van der Waals surface area contributed by atoms with Crippen molar-refractivity contribution in [2.45, 2.75) is 24.7 Å². The van der Waals surface area contributed by atoms with Crippen molar-refractivity contribution in [3.05, 3.63) is 29.8 Å². The van der Waals surface area contributed by atoms with Gasteiger partial charge < -0.3 is 0 Å². The van der Waals surface area contributed by atoms with E-state index in [1.54, 1.807) is 12.1 Å². The van der Waals surface area contributed by atoms with Crippen LogP contribution in [0.15, 0.2) is 29.2 Å². The van der Waals surface area contributed by atoms with Crippen molar-refractivity contribution in [1.29, 1.82) is 0 Å². The van der Waals surface area contributed by atoms with Gasteiger partial charge in [-0.2, -0.15) is 0 Å². The van der Waals surface area contributed by atoms with Crippen LogP contribution in [0.25, 0.3) is 0 Å². The highest BCUT2D eigenvalue weighted by atomic mass is 32.2. The Kier molecular flexibility index (Phi) is 2.73. The molecule has 1 aromatic carbocycles. The molecule has 0 amide bonds. The number of sulfonamides is 1. The monoisotopic (exact) mass is 199 g/mol. The van der Waals surface area contributed by atoms with Crippen molar-refractivity contribution in [3.8, 4) is 0 Å². The van der Waals surface area contributed by atoms with E-state index in [-0.39, 0.29) is 4.90 Å². The van der Waals surface area contributed by atoms with Crippen LogP contribution >= 0.6 is 0 Å². The first-order valence-corrected chi connectivity index (χ1v) is 5.58. The minimum Gasteiger partial charge on any atom is -0.225 e. The molecule has 13 heavy (non-hydrogen) atoms. The van der Waals surface area contributed by atoms with Gasteiger partial charge in [0, 0.05) is 0 Å². The van der Waals surface area contributed by atoms with Crippen molar-refractivity contribution < 1.29 is 8.42 Å². The van der Waals surface area contributed by atoms with Crippen molar-refractivity contribution in [2.75, 3.05) is 0 Å². The van der Waals surface area contributed by atoms with E-state index in [0.29, 0.717) is 5.92 Å². The molecular formula is C9H13NO2S. The van der Waals surface area contributed by atoms with E-state index < -0.39 is 10.0 Å². The lowest BCUT2D eigenvalue weighted by molar-refractivity contribution is 0.597. The summed E-state index contributed by atoms with van der Waals surface area (Å²) in [5, 5.41) is 4.96. The minimum atomic E-state index is -3.55. The number of rotatable bonds is 2. The van der Waals surface area contributed by atoms with Crippen LogP contribution in [0.3, 0.4) is 0 Å². The molecule has 0 spiro atoms. The molecule has 0 unspecified atom stereocenters. The molecule has 0 aliphatic heterocycles. The van der Waals surface area contributed by atoms with E-state index in [9.17, 15) is 8.42 Å². The summed E-state index contributed by atoms with van der Waals surface area (Å²) in [5.41, 5.74) is 1.10. The summed E-state index contributed by atoms with van der Waals surface area (Å²) in [4.78, 5) is 0.164. The molecule has 0 saturated heterocycles. The number of hydrogen-bond acceptors (Lipinski definition) is 2. The Morgan fingerprint density at radius 3 is 1.92 bits per heavy atom. The van der Waals surface area contributed by atoms with Crippen LogP contribution in [0.4, 0.5) is 0 Å². The summed E-state index contributed by atoms with van der Waals surface area (Å²) in [6, 6.07) is 6.63. The first-order valence-electron chi connectivity index (χ1n) is 4.04. The van der Waals surface area contributed by atoms with Crippen LogP contribution < -0.4 is 5.14 Å². The van der Waals surface area contributed by atoms with E-state index in [1.165, 1.54) is 12.1 Å². The topological polar surface area (TPSA) is 60.2 Å². The molecule has 1 rings (SSSR count). The van der Waals surface area contributed by atoms with Gasteiger partial charge in [0.1, 0.15) is 0 Å². The van der Waals surface area contributed by atoms with Crippen LogP contribution in [0.2, 0.25) is 0 Å². The molecule has 0 fully saturated rings. The lowest BCUT2D eigenvalue weighted by atomic mass is 10.0. The highest BCUT2D eigenvalue weighted by Gasteiger charge is 2.07. The molecule has 0 aliphatic rings. The summed E-state index contributed by atoms with van der Waals surface area (Å²) in [5.74, 6) is 0.398. The first kappa shape index (κ1) is 10.2. The van der Waals surface area contributed by atoms with Crippen LogP contribution in [0.1, 0.15) is 25.3 Å². The number of benzene rings is 1. The Labute approximate surface area is 78.6 Å². The first-order chi connectivity index (χ1) is 5.91. The molecule has 0 aliphatic carbocycles. The number of hydrogen-bond donors (Lipinski definition) is 1. The summed E-state index contributed by atoms with van der Waals surface area (Å²) < 4.78 is 21.8. The zero-order valence-corrected chi connectivity index (χ0v) is 8.51. The highest BCUT2D eigenvalue weighted by Crippen LogP contribution is 2.16. The Balaban J connectivity index is 3.08. The maximum Gasteiger partial charge on any atom is 0.238 e. The van der Waals surface area contributed by atoms with Crippen LogP contribution in [0, 0.1) is 0 Å². The van der Waals surface area contributed by atoms with Gasteiger partial charge in [-0.3, -0.25) is 0 Å². The van der Waals surface area contributed by atoms with Crippen molar-refractivity contribution in [1.82, 2.24) is 0 Å². The van der Waals surface area contributed by atoms with Crippen LogP contribution in [0.5, 0.6) is 0 Å². The molecule has 0 heterocycles. The van der Waals surface area contributed by atoms with Crippen LogP contribution in [-0.4, -0.2) is 8.42 Å². The molecule has 0 saturated carbocycles. The van der Waals surface area contributed by atoms with Gasteiger partial charge in [-0.15, -0.1) is 0 Å².